The number of aromatic nitrogens is 5. The van der Waals surface area contributed by atoms with Gasteiger partial charge in [-0.05, 0) is 18.3 Å². The Hall–Kier alpha value is -3.61. The molecule has 0 unspecified atom stereocenters. The summed E-state index contributed by atoms with van der Waals surface area (Å²) in [6.45, 7) is 6.27. The van der Waals surface area contributed by atoms with Gasteiger partial charge in [-0.1, -0.05) is 20.8 Å². The lowest BCUT2D eigenvalue weighted by Gasteiger charge is -2.23. The minimum Gasteiger partial charge on any atom is -0.494 e. The molecule has 0 radical (unpaired) electrons. The number of hydrogen-bond acceptors (Lipinski definition) is 6. The molecule has 150 valence electrons. The Morgan fingerprint density at radius 3 is 2.79 bits per heavy atom. The first-order valence-electron chi connectivity index (χ1n) is 9.30. The third kappa shape index (κ3) is 3.35. The fourth-order valence-corrected chi connectivity index (χ4v) is 3.16. The highest BCUT2D eigenvalue weighted by Gasteiger charge is 2.30. The number of hydrogen-bond donors (Lipinski definition) is 3. The Kier molecular flexibility index (Phi) is 4.19. The summed E-state index contributed by atoms with van der Waals surface area (Å²) in [6, 6.07) is 3.63. The zero-order valence-corrected chi connectivity index (χ0v) is 16.4. The number of amides is 1. The van der Waals surface area contributed by atoms with Crippen molar-refractivity contribution in [2.24, 2.45) is 5.41 Å². The van der Waals surface area contributed by atoms with Gasteiger partial charge in [-0.25, -0.2) is 0 Å². The molecule has 1 amide bonds. The van der Waals surface area contributed by atoms with Crippen molar-refractivity contribution in [3.05, 3.63) is 33.7 Å². The maximum absolute atomic E-state index is 13.0. The average molecular weight is 395 g/mol. The third-order valence-corrected chi connectivity index (χ3v) is 4.64. The molecular weight excluding hydrogens is 374 g/mol. The molecule has 0 atom stereocenters. The molecule has 1 fully saturated rings. The lowest BCUT2D eigenvalue weighted by molar-refractivity contribution is 0.0944. The van der Waals surface area contributed by atoms with Gasteiger partial charge in [0.2, 0.25) is 5.88 Å². The van der Waals surface area contributed by atoms with E-state index in [1.165, 1.54) is 10.8 Å². The summed E-state index contributed by atoms with van der Waals surface area (Å²) in [5.74, 6) is -1.01. The van der Waals surface area contributed by atoms with E-state index < -0.39 is 17.3 Å². The number of carbonyl (C=O) groups excluding carboxylic acids is 1. The van der Waals surface area contributed by atoms with Crippen LogP contribution in [-0.2, 0) is 6.54 Å². The Morgan fingerprint density at radius 1 is 1.45 bits per heavy atom. The van der Waals surface area contributed by atoms with Crippen LogP contribution in [0.15, 0.2) is 17.1 Å². The first-order valence-corrected chi connectivity index (χ1v) is 9.30. The molecule has 1 aliphatic rings. The van der Waals surface area contributed by atoms with Crippen LogP contribution >= 0.6 is 0 Å². The maximum atomic E-state index is 13.0. The molecule has 0 bridgehead atoms. The summed E-state index contributed by atoms with van der Waals surface area (Å²) in [5.41, 5.74) is -0.0380. The van der Waals surface area contributed by atoms with Crippen LogP contribution in [0, 0.1) is 16.7 Å². The minimum atomic E-state index is -0.718. The second-order valence-electron chi connectivity index (χ2n) is 8.47. The lowest BCUT2D eigenvalue weighted by Crippen LogP contribution is -2.35. The van der Waals surface area contributed by atoms with Crippen molar-refractivity contribution in [2.45, 2.75) is 46.2 Å². The molecule has 10 heteroatoms. The first kappa shape index (κ1) is 18.7. The maximum Gasteiger partial charge on any atom is 0.291 e. The number of aromatic amines is 1. The van der Waals surface area contributed by atoms with E-state index in [0.717, 1.165) is 17.4 Å². The standard InChI is InChI=1S/C19H21N7O3/c1-19(2,3)9-25-13-6-12(15-10(7-20)8-21-23-15)24-26(13)18(29)14(17(25)28)16(27)22-11-4-5-11/h6,8,11,28H,4-5,9H2,1-3H3,(H,21,23)(H,22,27). The zero-order valence-electron chi connectivity index (χ0n) is 16.4. The summed E-state index contributed by atoms with van der Waals surface area (Å²) < 4.78 is 2.59. The molecule has 4 rings (SSSR count). The Labute approximate surface area is 165 Å². The Bertz CT molecular complexity index is 1220. The third-order valence-electron chi connectivity index (χ3n) is 4.64. The van der Waals surface area contributed by atoms with E-state index in [1.54, 1.807) is 6.07 Å². The molecule has 3 N–H and O–H groups in total. The molecule has 3 heterocycles. The average Bonchev–Trinajstić information content (AvgIpc) is 3.16. The molecule has 3 aromatic rings. The molecule has 3 aromatic heterocycles. The second kappa shape index (κ2) is 6.48. The summed E-state index contributed by atoms with van der Waals surface area (Å²) >= 11 is 0. The molecular formula is C19H21N7O3. The number of fused-ring (bicyclic) bond motifs is 1. The Morgan fingerprint density at radius 2 is 2.17 bits per heavy atom. The number of aromatic hydroxyl groups is 1. The molecule has 1 aliphatic carbocycles. The van der Waals surface area contributed by atoms with Crippen molar-refractivity contribution in [3.8, 4) is 23.3 Å². The highest BCUT2D eigenvalue weighted by molar-refractivity contribution is 5.96. The number of H-pyrrole nitrogens is 1. The monoisotopic (exact) mass is 395 g/mol. The number of nitriles is 1. The van der Waals surface area contributed by atoms with E-state index in [0.29, 0.717) is 23.6 Å². The van der Waals surface area contributed by atoms with E-state index >= 15 is 0 Å². The topological polar surface area (TPSA) is 141 Å². The fourth-order valence-electron chi connectivity index (χ4n) is 3.16. The largest absolute Gasteiger partial charge is 0.494 e. The minimum absolute atomic E-state index is 0.0319. The van der Waals surface area contributed by atoms with Gasteiger partial charge in [0.25, 0.3) is 11.5 Å². The first-order chi connectivity index (χ1) is 13.7. The van der Waals surface area contributed by atoms with E-state index in [2.05, 4.69) is 20.6 Å². The molecule has 0 spiro atoms. The summed E-state index contributed by atoms with van der Waals surface area (Å²) in [6.07, 6.45) is 3.08. The quantitative estimate of drug-likeness (QED) is 0.610. The number of nitrogens with one attached hydrogen (secondary N) is 2. The van der Waals surface area contributed by atoms with E-state index in [-0.39, 0.29) is 22.6 Å². The highest BCUT2D eigenvalue weighted by atomic mass is 16.3. The van der Waals surface area contributed by atoms with Crippen LogP contribution in [0.2, 0.25) is 0 Å². The zero-order chi connectivity index (χ0) is 20.9. The van der Waals surface area contributed by atoms with Gasteiger partial charge in [-0.2, -0.15) is 20.0 Å². The van der Waals surface area contributed by atoms with Crippen molar-refractivity contribution in [1.82, 2.24) is 29.7 Å². The van der Waals surface area contributed by atoms with Crippen LogP contribution in [0.1, 0.15) is 49.5 Å². The second-order valence-corrected chi connectivity index (χ2v) is 8.47. The van der Waals surface area contributed by atoms with Crippen molar-refractivity contribution < 1.29 is 9.90 Å². The smallest absolute Gasteiger partial charge is 0.291 e. The van der Waals surface area contributed by atoms with Crippen molar-refractivity contribution >= 4 is 11.6 Å². The van der Waals surface area contributed by atoms with Gasteiger partial charge in [-0.15, -0.1) is 0 Å². The summed E-state index contributed by atoms with van der Waals surface area (Å²) in [4.78, 5) is 25.7. The molecule has 29 heavy (non-hydrogen) atoms. The molecule has 1 saturated carbocycles. The predicted molar refractivity (Wildman–Crippen MR) is 103 cm³/mol. The van der Waals surface area contributed by atoms with Crippen LogP contribution in [0.4, 0.5) is 0 Å². The van der Waals surface area contributed by atoms with Crippen LogP contribution in [0.3, 0.4) is 0 Å². The van der Waals surface area contributed by atoms with Crippen LogP contribution in [0.25, 0.3) is 17.0 Å². The van der Waals surface area contributed by atoms with Crippen molar-refractivity contribution in [1.29, 1.82) is 5.26 Å². The number of nitrogens with zero attached hydrogens (tertiary/aromatic N) is 5. The number of rotatable bonds is 4. The van der Waals surface area contributed by atoms with E-state index in [9.17, 15) is 20.0 Å². The fraction of sp³-hybridized carbons (Fsp3) is 0.421. The molecule has 0 aliphatic heterocycles. The van der Waals surface area contributed by atoms with Crippen LogP contribution < -0.4 is 10.9 Å². The Balaban J connectivity index is 1.97. The summed E-state index contributed by atoms with van der Waals surface area (Å²) in [7, 11) is 0. The van der Waals surface area contributed by atoms with Gasteiger partial charge in [0, 0.05) is 18.7 Å². The van der Waals surface area contributed by atoms with Crippen LogP contribution in [0.5, 0.6) is 5.88 Å². The van der Waals surface area contributed by atoms with Gasteiger partial charge in [0.05, 0.1) is 11.8 Å². The van der Waals surface area contributed by atoms with Crippen LogP contribution in [-0.4, -0.2) is 41.4 Å². The van der Waals surface area contributed by atoms with Crippen molar-refractivity contribution in [3.63, 3.8) is 0 Å². The van der Waals surface area contributed by atoms with Gasteiger partial charge in [0.15, 0.2) is 5.56 Å². The highest BCUT2D eigenvalue weighted by Crippen LogP contribution is 2.28. The molecule has 10 nitrogen and oxygen atoms in total. The molecule has 0 saturated heterocycles. The van der Waals surface area contributed by atoms with E-state index in [4.69, 9.17) is 0 Å². The van der Waals surface area contributed by atoms with Gasteiger partial charge in [0.1, 0.15) is 23.1 Å². The van der Waals surface area contributed by atoms with E-state index in [1.807, 2.05) is 26.8 Å². The van der Waals surface area contributed by atoms with Crippen molar-refractivity contribution in [2.75, 3.05) is 0 Å². The predicted octanol–water partition coefficient (Wildman–Crippen LogP) is 1.40. The lowest BCUT2D eigenvalue weighted by atomic mass is 9.96. The molecule has 0 aromatic carbocycles. The van der Waals surface area contributed by atoms with Gasteiger partial charge in [-0.3, -0.25) is 19.3 Å². The normalized spacial score (nSPS) is 14.1. The SMILES string of the molecule is CC(C)(C)Cn1c(O)c(C(=O)NC2CC2)c(=O)n2nc(-c3[nH]ncc3C#N)cc12. The number of carbonyl (C=O) groups is 1. The van der Waals surface area contributed by atoms with Gasteiger partial charge >= 0.3 is 0 Å². The van der Waals surface area contributed by atoms with Gasteiger partial charge < -0.3 is 10.4 Å². The summed E-state index contributed by atoms with van der Waals surface area (Å²) in [5, 5.41) is 33.7.